The first kappa shape index (κ1) is 17.3. The minimum atomic E-state index is -0.799. The van der Waals surface area contributed by atoms with Gasteiger partial charge in [-0.15, -0.1) is 0 Å². The van der Waals surface area contributed by atoms with Crippen molar-refractivity contribution in [1.29, 1.82) is 0 Å². The maximum Gasteiger partial charge on any atom is 0.326 e. The van der Waals surface area contributed by atoms with Crippen LogP contribution in [0.15, 0.2) is 24.3 Å². The molecule has 5 nitrogen and oxygen atoms in total. The van der Waals surface area contributed by atoms with E-state index >= 15 is 0 Å². The number of nitrogens with zero attached hydrogens (tertiary/aromatic N) is 1. The van der Waals surface area contributed by atoms with Crippen LogP contribution in [0.4, 0.5) is 5.69 Å². The average molecular weight is 319 g/mol. The summed E-state index contributed by atoms with van der Waals surface area (Å²) in [5.74, 6) is -0.962. The fourth-order valence-electron chi connectivity index (χ4n) is 3.29. The van der Waals surface area contributed by atoms with Crippen molar-refractivity contribution in [2.24, 2.45) is 11.8 Å². The smallest absolute Gasteiger partial charge is 0.326 e. The quantitative estimate of drug-likeness (QED) is 0.783. The highest BCUT2D eigenvalue weighted by molar-refractivity contribution is 5.82. The van der Waals surface area contributed by atoms with Crippen LogP contribution in [-0.4, -0.2) is 36.2 Å². The fraction of sp³-hybridized carbons (Fsp3) is 0.556. The van der Waals surface area contributed by atoms with Gasteiger partial charge in [0.05, 0.1) is 12.5 Å². The Bertz CT molecular complexity index is 572. The Morgan fingerprint density at radius 3 is 2.70 bits per heavy atom. The number of esters is 1. The summed E-state index contributed by atoms with van der Waals surface area (Å²) in [5.41, 5.74) is 2.07. The molecule has 0 radical (unpaired) electrons. The lowest BCUT2D eigenvalue weighted by molar-refractivity contribution is -0.148. The van der Waals surface area contributed by atoms with Crippen molar-refractivity contribution in [3.05, 3.63) is 29.8 Å². The standard InChI is InChI=1S/C18H25NO4/c1-4-23-18(22)13(3)9-12(2)11-19-15-8-6-5-7-14(15)10-16(19)17(20)21/h5-8,12-13,16H,4,9-11H2,1-3H3,(H,20,21)/t12?,13-,16+/m1/s1. The second-order valence-electron chi connectivity index (χ2n) is 6.33. The van der Waals surface area contributed by atoms with Crippen molar-refractivity contribution < 1.29 is 19.4 Å². The van der Waals surface area contributed by atoms with Crippen LogP contribution in [-0.2, 0) is 20.7 Å². The minimum Gasteiger partial charge on any atom is -0.480 e. The lowest BCUT2D eigenvalue weighted by Gasteiger charge is -2.28. The molecule has 1 heterocycles. The molecule has 1 unspecified atom stereocenters. The topological polar surface area (TPSA) is 66.8 Å². The molecule has 1 aliphatic rings. The van der Waals surface area contributed by atoms with Gasteiger partial charge in [-0.1, -0.05) is 32.0 Å². The fourth-order valence-corrected chi connectivity index (χ4v) is 3.29. The molecule has 126 valence electrons. The van der Waals surface area contributed by atoms with Gasteiger partial charge in [-0.05, 0) is 30.9 Å². The Labute approximate surface area is 137 Å². The summed E-state index contributed by atoms with van der Waals surface area (Å²) in [6.45, 7) is 6.72. The first-order chi connectivity index (χ1) is 10.9. The van der Waals surface area contributed by atoms with E-state index in [0.717, 1.165) is 11.3 Å². The summed E-state index contributed by atoms with van der Waals surface area (Å²) in [6.07, 6.45) is 1.22. The molecule has 0 fully saturated rings. The molecular formula is C18H25NO4. The van der Waals surface area contributed by atoms with Gasteiger partial charge in [0.1, 0.15) is 6.04 Å². The van der Waals surface area contributed by atoms with Crippen LogP contribution in [0, 0.1) is 11.8 Å². The Hall–Kier alpha value is -2.04. The van der Waals surface area contributed by atoms with Gasteiger partial charge in [0, 0.05) is 18.7 Å². The maximum absolute atomic E-state index is 11.8. The van der Waals surface area contributed by atoms with Gasteiger partial charge in [-0.25, -0.2) is 4.79 Å². The highest BCUT2D eigenvalue weighted by Gasteiger charge is 2.35. The number of ether oxygens (including phenoxy) is 1. The van der Waals surface area contributed by atoms with Crippen molar-refractivity contribution in [2.75, 3.05) is 18.1 Å². The number of benzene rings is 1. The zero-order chi connectivity index (χ0) is 17.0. The molecule has 0 spiro atoms. The molecule has 0 amide bonds. The molecule has 1 N–H and O–H groups in total. The van der Waals surface area contributed by atoms with Crippen LogP contribution in [0.25, 0.3) is 0 Å². The minimum absolute atomic E-state index is 0.175. The molecule has 0 aromatic heterocycles. The largest absolute Gasteiger partial charge is 0.480 e. The number of hydrogen-bond donors (Lipinski definition) is 1. The number of fused-ring (bicyclic) bond motifs is 1. The lowest BCUT2D eigenvalue weighted by atomic mass is 9.96. The SMILES string of the molecule is CCOC(=O)[C@H](C)CC(C)CN1c2ccccc2C[C@H]1C(=O)O. The maximum atomic E-state index is 11.8. The van der Waals surface area contributed by atoms with E-state index in [-0.39, 0.29) is 17.8 Å². The predicted molar refractivity (Wildman–Crippen MR) is 88.5 cm³/mol. The van der Waals surface area contributed by atoms with Crippen LogP contribution in [0.2, 0.25) is 0 Å². The molecule has 1 aromatic carbocycles. The number of anilines is 1. The second kappa shape index (κ2) is 7.49. The van der Waals surface area contributed by atoms with Crippen molar-refractivity contribution in [2.45, 2.75) is 39.7 Å². The molecule has 5 heteroatoms. The summed E-state index contributed by atoms with van der Waals surface area (Å²) < 4.78 is 5.04. The zero-order valence-corrected chi connectivity index (χ0v) is 14.0. The molecule has 0 saturated heterocycles. The van der Waals surface area contributed by atoms with E-state index in [1.165, 1.54) is 0 Å². The van der Waals surface area contributed by atoms with Gasteiger partial charge in [0.25, 0.3) is 0 Å². The third-order valence-electron chi connectivity index (χ3n) is 4.33. The molecule has 1 aliphatic heterocycles. The van der Waals surface area contributed by atoms with E-state index in [9.17, 15) is 14.7 Å². The third-order valence-corrected chi connectivity index (χ3v) is 4.33. The Balaban J connectivity index is 2.04. The monoisotopic (exact) mass is 319 g/mol. The molecule has 0 aliphatic carbocycles. The van der Waals surface area contributed by atoms with E-state index < -0.39 is 12.0 Å². The van der Waals surface area contributed by atoms with Crippen LogP contribution >= 0.6 is 0 Å². The molecule has 0 saturated carbocycles. The number of carboxylic acids is 1. The van der Waals surface area contributed by atoms with Crippen LogP contribution < -0.4 is 4.90 Å². The normalized spacial score (nSPS) is 19.1. The molecule has 0 bridgehead atoms. The number of hydrogen-bond acceptors (Lipinski definition) is 4. The van der Waals surface area contributed by atoms with Crippen molar-refractivity contribution >= 4 is 17.6 Å². The first-order valence-electron chi connectivity index (χ1n) is 8.18. The van der Waals surface area contributed by atoms with Crippen molar-refractivity contribution in [1.82, 2.24) is 0 Å². The number of rotatable bonds is 7. The van der Waals surface area contributed by atoms with E-state index in [2.05, 4.69) is 6.92 Å². The van der Waals surface area contributed by atoms with Gasteiger partial charge in [-0.3, -0.25) is 4.79 Å². The molecule has 2 rings (SSSR count). The number of carbonyl (C=O) groups is 2. The summed E-state index contributed by atoms with van der Waals surface area (Å²) in [5, 5.41) is 9.49. The Morgan fingerprint density at radius 1 is 1.35 bits per heavy atom. The molecule has 1 aromatic rings. The number of aliphatic carboxylic acids is 1. The van der Waals surface area contributed by atoms with Crippen LogP contribution in [0.3, 0.4) is 0 Å². The third kappa shape index (κ3) is 4.03. The first-order valence-corrected chi connectivity index (χ1v) is 8.18. The van der Waals surface area contributed by atoms with E-state index in [1.807, 2.05) is 36.1 Å². The van der Waals surface area contributed by atoms with Crippen LogP contribution in [0.5, 0.6) is 0 Å². The van der Waals surface area contributed by atoms with E-state index in [0.29, 0.717) is 26.0 Å². The van der Waals surface area contributed by atoms with Crippen LogP contribution in [0.1, 0.15) is 32.8 Å². The summed E-state index contributed by atoms with van der Waals surface area (Å²) in [6, 6.07) is 7.31. The van der Waals surface area contributed by atoms with E-state index in [4.69, 9.17) is 4.74 Å². The highest BCUT2D eigenvalue weighted by atomic mass is 16.5. The Morgan fingerprint density at radius 2 is 2.04 bits per heavy atom. The van der Waals surface area contributed by atoms with Gasteiger partial charge >= 0.3 is 11.9 Å². The van der Waals surface area contributed by atoms with Gasteiger partial charge in [0.15, 0.2) is 0 Å². The second-order valence-corrected chi connectivity index (χ2v) is 6.33. The van der Waals surface area contributed by atoms with Gasteiger partial charge < -0.3 is 14.7 Å². The number of carboxylic acid groups (broad SMARTS) is 1. The van der Waals surface area contributed by atoms with Gasteiger partial charge in [0.2, 0.25) is 0 Å². The van der Waals surface area contributed by atoms with Crippen molar-refractivity contribution in [3.8, 4) is 0 Å². The lowest BCUT2D eigenvalue weighted by Crippen LogP contribution is -2.41. The van der Waals surface area contributed by atoms with Crippen molar-refractivity contribution in [3.63, 3.8) is 0 Å². The van der Waals surface area contributed by atoms with Gasteiger partial charge in [-0.2, -0.15) is 0 Å². The number of carbonyl (C=O) groups excluding carboxylic acids is 1. The molecular weight excluding hydrogens is 294 g/mol. The summed E-state index contributed by atoms with van der Waals surface area (Å²) >= 11 is 0. The number of para-hydroxylation sites is 1. The highest BCUT2D eigenvalue weighted by Crippen LogP contribution is 2.33. The Kier molecular flexibility index (Phi) is 5.64. The molecule has 23 heavy (non-hydrogen) atoms. The molecule has 3 atom stereocenters. The summed E-state index contributed by atoms with van der Waals surface area (Å²) in [4.78, 5) is 25.3. The zero-order valence-electron chi connectivity index (χ0n) is 14.0. The average Bonchev–Trinajstić information content (AvgIpc) is 2.86. The van der Waals surface area contributed by atoms with E-state index in [1.54, 1.807) is 6.92 Å². The summed E-state index contributed by atoms with van der Waals surface area (Å²) in [7, 11) is 0. The predicted octanol–water partition coefficient (Wildman–Crippen LogP) is 2.73.